The van der Waals surface area contributed by atoms with Gasteiger partial charge in [0.15, 0.2) is 0 Å². The van der Waals surface area contributed by atoms with Gasteiger partial charge in [-0.05, 0) is 18.6 Å². The highest BCUT2D eigenvalue weighted by Gasteiger charge is 2.24. The summed E-state index contributed by atoms with van der Waals surface area (Å²) in [7, 11) is 0. The smallest absolute Gasteiger partial charge is 0.267 e. The van der Waals surface area contributed by atoms with Gasteiger partial charge in [-0.15, -0.1) is 0 Å². The molecule has 1 saturated heterocycles. The molecule has 1 aromatic heterocycles. The zero-order chi connectivity index (χ0) is 16.9. The van der Waals surface area contributed by atoms with Gasteiger partial charge in [-0.3, -0.25) is 9.59 Å². The molecule has 126 valence electrons. The van der Waals surface area contributed by atoms with Crippen molar-refractivity contribution in [3.8, 4) is 0 Å². The average Bonchev–Trinajstić information content (AvgIpc) is 2.83. The number of amides is 1. The van der Waals surface area contributed by atoms with Gasteiger partial charge in [-0.1, -0.05) is 18.2 Å². The van der Waals surface area contributed by atoms with Crippen molar-refractivity contribution in [2.45, 2.75) is 18.2 Å². The van der Waals surface area contributed by atoms with Crippen LogP contribution in [0.5, 0.6) is 0 Å². The van der Waals surface area contributed by atoms with Crippen molar-refractivity contribution in [1.29, 1.82) is 0 Å². The molecule has 2 aromatic rings. The molecule has 1 fully saturated rings. The Bertz CT molecular complexity index is 780. The van der Waals surface area contributed by atoms with Gasteiger partial charge in [-0.25, -0.2) is 9.07 Å². The minimum Gasteiger partial charge on any atom is -0.340 e. The first kappa shape index (κ1) is 16.7. The predicted octanol–water partition coefficient (Wildman–Crippen LogP) is 2.09. The van der Waals surface area contributed by atoms with Crippen LogP contribution in [-0.4, -0.2) is 39.4 Å². The second-order valence-corrected chi connectivity index (χ2v) is 6.88. The number of aromatic nitrogens is 2. The Morgan fingerprint density at radius 2 is 2.08 bits per heavy atom. The van der Waals surface area contributed by atoms with Crippen LogP contribution in [0.15, 0.2) is 47.4 Å². The van der Waals surface area contributed by atoms with E-state index in [4.69, 9.17) is 0 Å². The molecule has 0 radical (unpaired) electrons. The summed E-state index contributed by atoms with van der Waals surface area (Å²) in [6.45, 7) is 1.08. The van der Waals surface area contributed by atoms with Gasteiger partial charge in [0.2, 0.25) is 5.91 Å². The third-order valence-electron chi connectivity index (χ3n) is 4.02. The van der Waals surface area contributed by atoms with Crippen molar-refractivity contribution in [3.05, 3.63) is 64.3 Å². The van der Waals surface area contributed by atoms with Crippen LogP contribution < -0.4 is 5.56 Å². The van der Waals surface area contributed by atoms with Gasteiger partial charge in [0.25, 0.3) is 5.56 Å². The molecule has 0 N–H and O–H groups in total. The molecule has 24 heavy (non-hydrogen) atoms. The Kier molecular flexibility index (Phi) is 5.30. The maximum Gasteiger partial charge on any atom is 0.267 e. The monoisotopic (exact) mass is 347 g/mol. The van der Waals surface area contributed by atoms with E-state index in [1.165, 1.54) is 18.3 Å². The van der Waals surface area contributed by atoms with Crippen molar-refractivity contribution in [2.75, 3.05) is 18.8 Å². The van der Waals surface area contributed by atoms with Crippen LogP contribution in [0.1, 0.15) is 17.2 Å². The first-order valence-corrected chi connectivity index (χ1v) is 8.86. The highest BCUT2D eigenvalue weighted by molar-refractivity contribution is 7.99. The fourth-order valence-corrected chi connectivity index (χ4v) is 3.99. The molecule has 1 aromatic carbocycles. The fraction of sp³-hybridized carbons (Fsp3) is 0.353. The van der Waals surface area contributed by atoms with Gasteiger partial charge in [0.05, 0.1) is 0 Å². The Morgan fingerprint density at radius 3 is 2.88 bits per heavy atom. The van der Waals surface area contributed by atoms with E-state index in [9.17, 15) is 14.0 Å². The maximum absolute atomic E-state index is 14.0. The Hall–Kier alpha value is -2.15. The van der Waals surface area contributed by atoms with Crippen molar-refractivity contribution in [2.24, 2.45) is 0 Å². The first-order valence-electron chi connectivity index (χ1n) is 7.81. The van der Waals surface area contributed by atoms with Crippen molar-refractivity contribution < 1.29 is 9.18 Å². The third-order valence-corrected chi connectivity index (χ3v) is 5.33. The Morgan fingerprint density at radius 1 is 1.25 bits per heavy atom. The van der Waals surface area contributed by atoms with E-state index in [2.05, 4.69) is 5.10 Å². The molecule has 0 bridgehead atoms. The number of nitrogens with zero attached hydrogens (tertiary/aromatic N) is 3. The molecule has 3 rings (SSSR count). The zero-order valence-corrected chi connectivity index (χ0v) is 13.9. The normalized spacial score (nSPS) is 18.2. The molecule has 1 aliphatic rings. The number of benzene rings is 1. The van der Waals surface area contributed by atoms with E-state index >= 15 is 0 Å². The standard InChI is InChI=1S/C17H18FN3O2S/c18-14-5-2-1-4-13(14)15-7-9-20(10-11-24-15)17(23)12-21-16(22)6-3-8-19-21/h1-6,8,15H,7,9-12H2/t15-/m1/s1. The predicted molar refractivity (Wildman–Crippen MR) is 91.3 cm³/mol. The Balaban J connectivity index is 1.65. The number of carbonyl (C=O) groups is 1. The number of carbonyl (C=O) groups excluding carboxylic acids is 1. The quantitative estimate of drug-likeness (QED) is 0.853. The summed E-state index contributed by atoms with van der Waals surface area (Å²) >= 11 is 1.66. The Labute approximate surface area is 143 Å². The van der Waals surface area contributed by atoms with Crippen LogP contribution >= 0.6 is 11.8 Å². The molecule has 0 spiro atoms. The van der Waals surface area contributed by atoms with Gasteiger partial charge in [-0.2, -0.15) is 16.9 Å². The molecule has 1 amide bonds. The summed E-state index contributed by atoms with van der Waals surface area (Å²) in [4.78, 5) is 25.8. The largest absolute Gasteiger partial charge is 0.340 e. The molecule has 0 aliphatic carbocycles. The van der Waals surface area contributed by atoms with Crippen LogP contribution in [-0.2, 0) is 11.3 Å². The van der Waals surface area contributed by atoms with Crippen LogP contribution in [0, 0.1) is 5.82 Å². The van der Waals surface area contributed by atoms with E-state index in [1.54, 1.807) is 34.9 Å². The van der Waals surface area contributed by atoms with Crippen LogP contribution in [0.2, 0.25) is 0 Å². The molecule has 2 heterocycles. The molecular weight excluding hydrogens is 329 g/mol. The summed E-state index contributed by atoms with van der Waals surface area (Å²) in [5, 5.41) is 3.96. The van der Waals surface area contributed by atoms with Crippen LogP contribution in [0.3, 0.4) is 0 Å². The second kappa shape index (κ2) is 7.61. The minimum absolute atomic E-state index is 0.0431. The minimum atomic E-state index is -0.292. The lowest BCUT2D eigenvalue weighted by Gasteiger charge is -2.20. The number of hydrogen-bond donors (Lipinski definition) is 0. The molecule has 0 unspecified atom stereocenters. The van der Waals surface area contributed by atoms with E-state index in [0.29, 0.717) is 25.1 Å². The number of thioether (sulfide) groups is 1. The molecule has 7 heteroatoms. The van der Waals surface area contributed by atoms with E-state index in [-0.39, 0.29) is 29.1 Å². The van der Waals surface area contributed by atoms with Crippen molar-refractivity contribution in [1.82, 2.24) is 14.7 Å². The molecule has 1 atom stereocenters. The molecule has 5 nitrogen and oxygen atoms in total. The van der Waals surface area contributed by atoms with Gasteiger partial charge in [0, 0.05) is 41.9 Å². The highest BCUT2D eigenvalue weighted by Crippen LogP contribution is 2.35. The summed E-state index contributed by atoms with van der Waals surface area (Å²) in [5.41, 5.74) is 0.400. The van der Waals surface area contributed by atoms with Crippen LogP contribution in [0.25, 0.3) is 0 Å². The lowest BCUT2D eigenvalue weighted by atomic mass is 10.1. The van der Waals surface area contributed by atoms with E-state index in [1.807, 2.05) is 6.07 Å². The van der Waals surface area contributed by atoms with Gasteiger partial charge < -0.3 is 4.90 Å². The molecular formula is C17H18FN3O2S. The number of rotatable bonds is 3. The zero-order valence-electron chi connectivity index (χ0n) is 13.1. The summed E-state index contributed by atoms with van der Waals surface area (Å²) in [6.07, 6.45) is 2.18. The SMILES string of the molecule is O=C(Cn1ncccc1=O)N1CCS[C@@H](c2ccccc2F)CC1. The first-order chi connectivity index (χ1) is 11.6. The lowest BCUT2D eigenvalue weighted by molar-refractivity contribution is -0.131. The maximum atomic E-state index is 14.0. The van der Waals surface area contributed by atoms with E-state index < -0.39 is 0 Å². The summed E-state index contributed by atoms with van der Waals surface area (Å²) in [6, 6.07) is 9.72. The summed E-state index contributed by atoms with van der Waals surface area (Å²) in [5.74, 6) is 0.405. The third kappa shape index (κ3) is 3.84. The topological polar surface area (TPSA) is 55.2 Å². The lowest BCUT2D eigenvalue weighted by Crippen LogP contribution is -2.38. The van der Waals surface area contributed by atoms with Crippen molar-refractivity contribution in [3.63, 3.8) is 0 Å². The van der Waals surface area contributed by atoms with E-state index in [0.717, 1.165) is 10.4 Å². The highest BCUT2D eigenvalue weighted by atomic mass is 32.2. The number of halogens is 1. The summed E-state index contributed by atoms with van der Waals surface area (Å²) < 4.78 is 15.1. The fourth-order valence-electron chi connectivity index (χ4n) is 2.74. The number of hydrogen-bond acceptors (Lipinski definition) is 4. The molecule has 1 aliphatic heterocycles. The van der Waals surface area contributed by atoms with Crippen LogP contribution in [0.4, 0.5) is 4.39 Å². The average molecular weight is 347 g/mol. The second-order valence-electron chi connectivity index (χ2n) is 5.57. The van der Waals surface area contributed by atoms with Gasteiger partial charge >= 0.3 is 0 Å². The van der Waals surface area contributed by atoms with Crippen molar-refractivity contribution >= 4 is 17.7 Å². The van der Waals surface area contributed by atoms with Gasteiger partial charge in [0.1, 0.15) is 12.4 Å². The molecule has 0 saturated carbocycles.